The molecule has 1 unspecified atom stereocenters. The summed E-state index contributed by atoms with van der Waals surface area (Å²) in [5.74, 6) is 1.66. The molecular formula is C21H33N5OS. The average molecular weight is 404 g/mol. The molecule has 154 valence electrons. The number of aliphatic imine (C=N–C) groups is 1. The molecule has 2 aromatic rings. The maximum atomic E-state index is 5.42. The van der Waals surface area contributed by atoms with E-state index in [1.54, 1.807) is 25.5 Å². The van der Waals surface area contributed by atoms with Gasteiger partial charge in [-0.25, -0.2) is 4.98 Å². The molecule has 0 spiro atoms. The number of likely N-dealkylation sites (N-methyl/N-ethyl adjacent to an activating group) is 1. The first-order valence-electron chi connectivity index (χ1n) is 9.77. The summed E-state index contributed by atoms with van der Waals surface area (Å²) in [5.41, 5.74) is 2.33. The van der Waals surface area contributed by atoms with Crippen LogP contribution in [0.2, 0.25) is 0 Å². The van der Waals surface area contributed by atoms with Gasteiger partial charge in [-0.2, -0.15) is 0 Å². The van der Waals surface area contributed by atoms with E-state index in [9.17, 15) is 0 Å². The number of guanidine groups is 1. The highest BCUT2D eigenvalue weighted by molar-refractivity contribution is 7.11. The van der Waals surface area contributed by atoms with Gasteiger partial charge in [0, 0.05) is 18.5 Å². The van der Waals surface area contributed by atoms with E-state index in [2.05, 4.69) is 58.4 Å². The maximum Gasteiger partial charge on any atom is 0.191 e. The number of nitrogens with zero attached hydrogens (tertiary/aromatic N) is 3. The Kier molecular flexibility index (Phi) is 8.73. The van der Waals surface area contributed by atoms with E-state index in [1.165, 1.54) is 10.4 Å². The molecule has 0 aliphatic rings. The predicted molar refractivity (Wildman–Crippen MR) is 118 cm³/mol. The molecular weight excluding hydrogens is 370 g/mol. The molecule has 2 N–H and O–H groups in total. The van der Waals surface area contributed by atoms with E-state index in [0.29, 0.717) is 6.54 Å². The maximum absolute atomic E-state index is 5.42. The van der Waals surface area contributed by atoms with Crippen molar-refractivity contribution >= 4 is 17.3 Å². The highest BCUT2D eigenvalue weighted by Gasteiger charge is 2.19. The van der Waals surface area contributed by atoms with Gasteiger partial charge in [0.15, 0.2) is 5.96 Å². The summed E-state index contributed by atoms with van der Waals surface area (Å²) in [6.07, 6.45) is 0. The van der Waals surface area contributed by atoms with Crippen molar-refractivity contribution in [1.82, 2.24) is 20.5 Å². The number of nitrogens with one attached hydrogen (secondary N) is 2. The summed E-state index contributed by atoms with van der Waals surface area (Å²) in [7, 11) is 3.50. The molecule has 1 aromatic heterocycles. The van der Waals surface area contributed by atoms with Crippen LogP contribution in [0.25, 0.3) is 0 Å². The Balaban J connectivity index is 2.05. The molecule has 0 radical (unpaired) electrons. The first kappa shape index (κ1) is 22.2. The highest BCUT2D eigenvalue weighted by atomic mass is 32.1. The summed E-state index contributed by atoms with van der Waals surface area (Å²) in [6, 6.07) is 8.53. The first-order valence-corrected chi connectivity index (χ1v) is 10.6. The molecule has 0 amide bonds. The zero-order chi connectivity index (χ0) is 20.5. The van der Waals surface area contributed by atoms with Crippen molar-refractivity contribution in [2.75, 3.05) is 33.8 Å². The Bertz CT molecular complexity index is 750. The van der Waals surface area contributed by atoms with Crippen molar-refractivity contribution in [3.8, 4) is 5.75 Å². The molecule has 0 saturated heterocycles. The van der Waals surface area contributed by atoms with Crippen LogP contribution in [0.5, 0.6) is 5.75 Å². The smallest absolute Gasteiger partial charge is 0.191 e. The standard InChI is InChI=1S/C21H33N5OS/c1-7-26(8-2)19(17-10-9-11-18(12-17)27-6)13-23-21(22-5)24-14-20-25-15(3)16(4)28-20/h9-12,19H,7-8,13-14H2,1-6H3,(H2,22,23,24). The van der Waals surface area contributed by atoms with E-state index < -0.39 is 0 Å². The van der Waals surface area contributed by atoms with E-state index >= 15 is 0 Å². The lowest BCUT2D eigenvalue weighted by atomic mass is 10.0. The van der Waals surface area contributed by atoms with Crippen LogP contribution < -0.4 is 15.4 Å². The number of rotatable bonds is 9. The molecule has 28 heavy (non-hydrogen) atoms. The number of ether oxygens (including phenoxy) is 1. The van der Waals surface area contributed by atoms with Crippen molar-refractivity contribution < 1.29 is 4.74 Å². The molecule has 0 bridgehead atoms. The fourth-order valence-electron chi connectivity index (χ4n) is 3.16. The van der Waals surface area contributed by atoms with Gasteiger partial charge >= 0.3 is 0 Å². The van der Waals surface area contributed by atoms with Gasteiger partial charge in [0.2, 0.25) is 0 Å². The molecule has 1 heterocycles. The zero-order valence-corrected chi connectivity index (χ0v) is 18.7. The number of methoxy groups -OCH3 is 1. The Labute approximate surface area is 173 Å². The van der Waals surface area contributed by atoms with Gasteiger partial charge in [0.1, 0.15) is 10.8 Å². The number of benzene rings is 1. The minimum Gasteiger partial charge on any atom is -0.497 e. The third-order valence-electron chi connectivity index (χ3n) is 4.90. The number of aryl methyl sites for hydroxylation is 2. The minimum absolute atomic E-state index is 0.230. The highest BCUT2D eigenvalue weighted by Crippen LogP contribution is 2.23. The van der Waals surface area contributed by atoms with Crippen molar-refractivity contribution in [3.63, 3.8) is 0 Å². The van der Waals surface area contributed by atoms with Crippen LogP contribution in [-0.2, 0) is 6.54 Å². The molecule has 1 atom stereocenters. The van der Waals surface area contributed by atoms with Crippen molar-refractivity contribution in [1.29, 1.82) is 0 Å². The third-order valence-corrected chi connectivity index (χ3v) is 5.97. The molecule has 0 fully saturated rings. The molecule has 1 aromatic carbocycles. The van der Waals surface area contributed by atoms with E-state index in [4.69, 9.17) is 4.74 Å². The van der Waals surface area contributed by atoms with Crippen LogP contribution in [0.4, 0.5) is 0 Å². The SMILES string of the molecule is CCN(CC)C(CNC(=NC)NCc1nc(C)c(C)s1)c1cccc(OC)c1. The molecule has 6 nitrogen and oxygen atoms in total. The molecule has 0 saturated carbocycles. The van der Waals surface area contributed by atoms with Crippen molar-refractivity contribution in [2.24, 2.45) is 4.99 Å². The van der Waals surface area contributed by atoms with Crippen LogP contribution in [0, 0.1) is 13.8 Å². The second-order valence-electron chi connectivity index (χ2n) is 6.57. The summed E-state index contributed by atoms with van der Waals surface area (Å²) in [6.45, 7) is 11.9. The number of thiazole rings is 1. The van der Waals surface area contributed by atoms with Crippen LogP contribution in [0.1, 0.15) is 41.0 Å². The Morgan fingerprint density at radius 1 is 1.25 bits per heavy atom. The number of aromatic nitrogens is 1. The third kappa shape index (κ3) is 5.94. The molecule has 2 rings (SSSR count). The largest absolute Gasteiger partial charge is 0.497 e. The lowest BCUT2D eigenvalue weighted by molar-refractivity contribution is 0.218. The molecule has 0 aliphatic carbocycles. The van der Waals surface area contributed by atoms with Gasteiger partial charge in [-0.15, -0.1) is 11.3 Å². The van der Waals surface area contributed by atoms with Gasteiger partial charge in [-0.1, -0.05) is 26.0 Å². The van der Waals surface area contributed by atoms with Crippen LogP contribution >= 0.6 is 11.3 Å². The zero-order valence-electron chi connectivity index (χ0n) is 17.9. The van der Waals surface area contributed by atoms with Crippen molar-refractivity contribution in [3.05, 3.63) is 45.4 Å². The minimum atomic E-state index is 0.230. The predicted octanol–water partition coefficient (Wildman–Crippen LogP) is 3.52. The monoisotopic (exact) mass is 403 g/mol. The topological polar surface area (TPSA) is 61.8 Å². The van der Waals surface area contributed by atoms with Crippen LogP contribution in [-0.4, -0.2) is 49.6 Å². The Hall–Kier alpha value is -2.12. The second kappa shape index (κ2) is 11.0. The van der Waals surface area contributed by atoms with Gasteiger partial charge in [0.05, 0.1) is 25.4 Å². The van der Waals surface area contributed by atoms with Gasteiger partial charge in [-0.3, -0.25) is 9.89 Å². The lowest BCUT2D eigenvalue weighted by Crippen LogP contribution is -2.43. The van der Waals surface area contributed by atoms with Gasteiger partial charge < -0.3 is 15.4 Å². The van der Waals surface area contributed by atoms with Crippen LogP contribution in [0.3, 0.4) is 0 Å². The lowest BCUT2D eigenvalue weighted by Gasteiger charge is -2.31. The van der Waals surface area contributed by atoms with E-state index in [0.717, 1.165) is 42.0 Å². The van der Waals surface area contributed by atoms with Gasteiger partial charge in [-0.05, 0) is 44.6 Å². The summed E-state index contributed by atoms with van der Waals surface area (Å²) < 4.78 is 5.42. The van der Waals surface area contributed by atoms with Crippen molar-refractivity contribution in [2.45, 2.75) is 40.3 Å². The van der Waals surface area contributed by atoms with Gasteiger partial charge in [0.25, 0.3) is 0 Å². The summed E-state index contributed by atoms with van der Waals surface area (Å²) in [5, 5.41) is 7.93. The number of hydrogen-bond acceptors (Lipinski definition) is 5. The quantitative estimate of drug-likeness (QED) is 0.495. The fourth-order valence-corrected chi connectivity index (χ4v) is 4.03. The fraction of sp³-hybridized carbons (Fsp3) is 0.524. The number of hydrogen-bond donors (Lipinski definition) is 2. The average Bonchev–Trinajstić information content (AvgIpc) is 3.04. The van der Waals surface area contributed by atoms with Crippen LogP contribution in [0.15, 0.2) is 29.3 Å². The Morgan fingerprint density at radius 3 is 2.57 bits per heavy atom. The molecule has 7 heteroatoms. The normalized spacial score (nSPS) is 12.9. The molecule has 0 aliphatic heterocycles. The summed E-state index contributed by atoms with van der Waals surface area (Å²) >= 11 is 1.73. The van der Waals surface area contributed by atoms with E-state index in [-0.39, 0.29) is 6.04 Å². The first-order chi connectivity index (χ1) is 13.5. The Morgan fingerprint density at radius 2 is 2.00 bits per heavy atom. The van der Waals surface area contributed by atoms with E-state index in [1.807, 2.05) is 19.1 Å². The second-order valence-corrected chi connectivity index (χ2v) is 7.86. The summed E-state index contributed by atoms with van der Waals surface area (Å²) in [4.78, 5) is 12.7.